The Hall–Kier alpha value is -4.08. The lowest BCUT2D eigenvalue weighted by Gasteiger charge is -2.25. The summed E-state index contributed by atoms with van der Waals surface area (Å²) < 4.78 is 16.2. The lowest BCUT2D eigenvalue weighted by atomic mass is 10.1. The number of carbonyl (C=O) groups excluding carboxylic acids is 4. The van der Waals surface area contributed by atoms with Gasteiger partial charge in [0.25, 0.3) is 5.91 Å². The van der Waals surface area contributed by atoms with Gasteiger partial charge in [-0.2, -0.15) is 0 Å². The van der Waals surface area contributed by atoms with Crippen molar-refractivity contribution in [1.29, 1.82) is 0 Å². The van der Waals surface area contributed by atoms with Gasteiger partial charge in [0.2, 0.25) is 0 Å². The first-order chi connectivity index (χ1) is 18.1. The molecule has 0 bridgehead atoms. The molecule has 0 spiro atoms. The number of rotatable bonds is 7. The van der Waals surface area contributed by atoms with E-state index in [9.17, 15) is 19.2 Å². The van der Waals surface area contributed by atoms with Gasteiger partial charge < -0.3 is 19.5 Å². The van der Waals surface area contributed by atoms with E-state index in [1.165, 1.54) is 4.90 Å². The van der Waals surface area contributed by atoms with Crippen LogP contribution in [0.1, 0.15) is 52.7 Å². The monoisotopic (exact) mass is 539 g/mol. The second-order valence-electron chi connectivity index (χ2n) is 11.4. The highest BCUT2D eigenvalue weighted by Crippen LogP contribution is 2.29. The number of amides is 3. The Kier molecular flexibility index (Phi) is 8.88. The van der Waals surface area contributed by atoms with Crippen molar-refractivity contribution >= 4 is 35.4 Å². The van der Waals surface area contributed by atoms with E-state index in [2.05, 4.69) is 10.6 Å². The number of cyclic esters (lactones) is 1. The van der Waals surface area contributed by atoms with Crippen molar-refractivity contribution in [1.82, 2.24) is 5.32 Å². The summed E-state index contributed by atoms with van der Waals surface area (Å²) in [6.07, 6.45) is -2.29. The van der Waals surface area contributed by atoms with Crippen LogP contribution in [0, 0.1) is 6.92 Å². The molecule has 2 N–H and O–H groups in total. The quantitative estimate of drug-likeness (QED) is 0.385. The van der Waals surface area contributed by atoms with E-state index in [0.29, 0.717) is 11.4 Å². The third-order valence-electron chi connectivity index (χ3n) is 5.54. The molecule has 3 amide bonds. The van der Waals surface area contributed by atoms with Crippen LogP contribution >= 0.6 is 0 Å². The predicted octanol–water partition coefficient (Wildman–Crippen LogP) is 4.74. The van der Waals surface area contributed by atoms with Crippen molar-refractivity contribution in [3.05, 3.63) is 59.7 Å². The first-order valence-electron chi connectivity index (χ1n) is 12.8. The molecule has 2 aromatic rings. The van der Waals surface area contributed by atoms with Crippen LogP contribution < -0.4 is 15.5 Å². The molecule has 1 aliphatic heterocycles. The maximum absolute atomic E-state index is 13.2. The fourth-order valence-corrected chi connectivity index (χ4v) is 3.88. The fourth-order valence-electron chi connectivity index (χ4n) is 3.88. The zero-order valence-corrected chi connectivity index (χ0v) is 23.5. The maximum atomic E-state index is 13.2. The minimum Gasteiger partial charge on any atom is -0.458 e. The second kappa shape index (κ2) is 11.8. The zero-order chi connectivity index (χ0) is 29.0. The maximum Gasteiger partial charge on any atom is 0.415 e. The molecule has 1 fully saturated rings. The van der Waals surface area contributed by atoms with E-state index in [4.69, 9.17) is 14.2 Å². The molecule has 2 atom stereocenters. The Bertz CT molecular complexity index is 1220. The van der Waals surface area contributed by atoms with Gasteiger partial charge in [0.05, 0.1) is 12.2 Å². The van der Waals surface area contributed by atoms with Gasteiger partial charge in [-0.3, -0.25) is 15.0 Å². The Morgan fingerprint density at radius 3 is 2.26 bits per heavy atom. The molecular weight excluding hydrogens is 502 g/mol. The van der Waals surface area contributed by atoms with E-state index in [-0.39, 0.29) is 13.0 Å². The van der Waals surface area contributed by atoms with Gasteiger partial charge in [-0.05, 0) is 71.7 Å². The molecule has 39 heavy (non-hydrogen) atoms. The Labute approximate surface area is 229 Å². The van der Waals surface area contributed by atoms with Crippen molar-refractivity contribution < 1.29 is 33.4 Å². The molecule has 0 aromatic heterocycles. The standard InChI is InChI=1S/C29H37N3O7/c1-18-13-14-20(30-26(35)39-29(5,6)7)16-22(18)32-17-23(37-27(32)36)24(33)31-21(25(34)38-28(2,3)4)15-19-11-9-8-10-12-19/h8-14,16,21,23H,15,17H2,1-7H3,(H,30,35)(H,31,33). The number of benzene rings is 2. The van der Waals surface area contributed by atoms with Gasteiger partial charge in [-0.15, -0.1) is 0 Å². The van der Waals surface area contributed by atoms with Crippen LogP contribution in [0.4, 0.5) is 21.0 Å². The molecule has 0 radical (unpaired) electrons. The molecule has 0 saturated carbocycles. The molecule has 1 aliphatic rings. The normalized spacial score (nSPS) is 16.2. The fraction of sp³-hybridized carbons (Fsp3) is 0.448. The number of anilines is 2. The molecule has 0 aliphatic carbocycles. The van der Waals surface area contributed by atoms with E-state index in [1.54, 1.807) is 66.7 Å². The molecule has 1 saturated heterocycles. The number of hydrogen-bond acceptors (Lipinski definition) is 7. The van der Waals surface area contributed by atoms with E-state index >= 15 is 0 Å². The molecule has 3 rings (SSSR count). The number of aryl methyl sites for hydroxylation is 1. The van der Waals surface area contributed by atoms with Crippen molar-refractivity contribution in [3.63, 3.8) is 0 Å². The average molecular weight is 540 g/mol. The summed E-state index contributed by atoms with van der Waals surface area (Å²) in [4.78, 5) is 52.4. The predicted molar refractivity (Wildman–Crippen MR) is 147 cm³/mol. The van der Waals surface area contributed by atoms with Crippen LogP contribution in [0.15, 0.2) is 48.5 Å². The molecule has 210 valence electrons. The third kappa shape index (κ3) is 8.73. The van der Waals surface area contributed by atoms with E-state index in [1.807, 2.05) is 30.3 Å². The lowest BCUT2D eigenvalue weighted by Crippen LogP contribution is -2.49. The number of nitrogens with zero attached hydrogens (tertiary/aromatic N) is 1. The van der Waals surface area contributed by atoms with E-state index in [0.717, 1.165) is 11.1 Å². The van der Waals surface area contributed by atoms with Crippen LogP contribution in [-0.2, 0) is 30.2 Å². The van der Waals surface area contributed by atoms with Gasteiger partial charge in [0, 0.05) is 12.1 Å². The SMILES string of the molecule is Cc1ccc(NC(=O)OC(C)(C)C)cc1N1CC(C(=O)NC(Cc2ccccc2)C(=O)OC(C)(C)C)OC1=O. The Balaban J connectivity index is 1.73. The first-order valence-corrected chi connectivity index (χ1v) is 12.8. The minimum atomic E-state index is -1.15. The Morgan fingerprint density at radius 2 is 1.64 bits per heavy atom. The van der Waals surface area contributed by atoms with Crippen molar-refractivity contribution in [2.45, 2.75) is 78.2 Å². The summed E-state index contributed by atoms with van der Waals surface area (Å²) in [5.41, 5.74) is 1.04. The zero-order valence-electron chi connectivity index (χ0n) is 23.5. The largest absolute Gasteiger partial charge is 0.458 e. The van der Waals surface area contributed by atoms with Crippen LogP contribution in [0.25, 0.3) is 0 Å². The molecule has 1 heterocycles. The number of hydrogen-bond donors (Lipinski definition) is 2. The minimum absolute atomic E-state index is 0.0756. The van der Waals surface area contributed by atoms with Gasteiger partial charge in [-0.1, -0.05) is 36.4 Å². The van der Waals surface area contributed by atoms with Crippen LogP contribution in [-0.4, -0.2) is 54.0 Å². The van der Waals surface area contributed by atoms with Crippen LogP contribution in [0.5, 0.6) is 0 Å². The van der Waals surface area contributed by atoms with Gasteiger partial charge in [-0.25, -0.2) is 14.4 Å². The van der Waals surface area contributed by atoms with Gasteiger partial charge >= 0.3 is 18.2 Å². The molecule has 2 aromatic carbocycles. The van der Waals surface area contributed by atoms with Crippen molar-refractivity contribution in [2.75, 3.05) is 16.8 Å². The van der Waals surface area contributed by atoms with Crippen molar-refractivity contribution in [2.24, 2.45) is 0 Å². The third-order valence-corrected chi connectivity index (χ3v) is 5.54. The van der Waals surface area contributed by atoms with Gasteiger partial charge in [0.15, 0.2) is 6.10 Å². The van der Waals surface area contributed by atoms with Crippen LogP contribution in [0.3, 0.4) is 0 Å². The summed E-state index contributed by atoms with van der Waals surface area (Å²) >= 11 is 0. The number of ether oxygens (including phenoxy) is 3. The average Bonchev–Trinajstić information content (AvgIpc) is 3.19. The van der Waals surface area contributed by atoms with E-state index < -0.39 is 47.4 Å². The van der Waals surface area contributed by atoms with Gasteiger partial charge in [0.1, 0.15) is 17.2 Å². The summed E-state index contributed by atoms with van der Waals surface area (Å²) in [6.45, 7) is 12.2. The molecule has 10 nitrogen and oxygen atoms in total. The summed E-state index contributed by atoms with van der Waals surface area (Å²) in [5, 5.41) is 5.35. The number of nitrogens with one attached hydrogen (secondary N) is 2. The lowest BCUT2D eigenvalue weighted by molar-refractivity contribution is -0.159. The van der Waals surface area contributed by atoms with Crippen LogP contribution in [0.2, 0.25) is 0 Å². The summed E-state index contributed by atoms with van der Waals surface area (Å²) in [7, 11) is 0. The second-order valence-corrected chi connectivity index (χ2v) is 11.4. The number of carbonyl (C=O) groups is 4. The molecule has 2 unspecified atom stereocenters. The van der Waals surface area contributed by atoms with Crippen molar-refractivity contribution in [3.8, 4) is 0 Å². The summed E-state index contributed by atoms with van der Waals surface area (Å²) in [5.74, 6) is -1.20. The summed E-state index contributed by atoms with van der Waals surface area (Å²) in [6, 6.07) is 13.3. The molecular formula is C29H37N3O7. The molecule has 10 heteroatoms. The smallest absolute Gasteiger partial charge is 0.415 e. The topological polar surface area (TPSA) is 123 Å². The highest BCUT2D eigenvalue weighted by Gasteiger charge is 2.39. The highest BCUT2D eigenvalue weighted by atomic mass is 16.6. The first kappa shape index (κ1) is 29.5. The number of esters is 1. The Morgan fingerprint density at radius 1 is 1.00 bits per heavy atom. The highest BCUT2D eigenvalue weighted by molar-refractivity contribution is 5.98.